The van der Waals surface area contributed by atoms with E-state index in [0.717, 1.165) is 0 Å². The molecule has 0 aliphatic heterocycles. The van der Waals surface area contributed by atoms with E-state index in [-0.39, 0.29) is 25.1 Å². The molecular weight excluding hydrogens is 188 g/mol. The molecule has 5 nitrogen and oxygen atoms in total. The van der Waals surface area contributed by atoms with E-state index in [1.807, 2.05) is 0 Å². The van der Waals surface area contributed by atoms with Gasteiger partial charge in [-0.25, -0.2) is 0 Å². The van der Waals surface area contributed by atoms with Crippen LogP contribution >= 0.6 is 0 Å². The van der Waals surface area contributed by atoms with Gasteiger partial charge in [-0.2, -0.15) is 0 Å². The molecule has 0 radical (unpaired) electrons. The van der Waals surface area contributed by atoms with Gasteiger partial charge in [0.2, 0.25) is 0 Å². The second-order valence-electron chi connectivity index (χ2n) is 3.24. The van der Waals surface area contributed by atoms with Crippen LogP contribution in [0.15, 0.2) is 0 Å². The van der Waals surface area contributed by atoms with Crippen LogP contribution in [0.25, 0.3) is 0 Å². The summed E-state index contributed by atoms with van der Waals surface area (Å²) in [5.41, 5.74) is 0. The summed E-state index contributed by atoms with van der Waals surface area (Å²) in [4.78, 5) is 21.3. The van der Waals surface area contributed by atoms with E-state index in [1.54, 1.807) is 13.8 Å². The summed E-state index contributed by atoms with van der Waals surface area (Å²) in [5, 5.41) is 9.17. The Morgan fingerprint density at radius 3 is 2.14 bits per heavy atom. The van der Waals surface area contributed by atoms with Gasteiger partial charge in [-0.3, -0.25) is 9.59 Å². The lowest BCUT2D eigenvalue weighted by atomic mass is 10.2. The number of hydrogen-bond donors (Lipinski definition) is 1. The lowest BCUT2D eigenvalue weighted by Gasteiger charge is -2.12. The lowest BCUT2D eigenvalue weighted by Crippen LogP contribution is -2.26. The van der Waals surface area contributed by atoms with Crippen molar-refractivity contribution >= 4 is 11.9 Å². The van der Waals surface area contributed by atoms with Crippen molar-refractivity contribution in [2.45, 2.75) is 26.9 Å². The summed E-state index contributed by atoms with van der Waals surface area (Å²) in [6.07, 6.45) is -0.957. The van der Waals surface area contributed by atoms with E-state index in [0.29, 0.717) is 0 Å². The van der Waals surface area contributed by atoms with E-state index in [9.17, 15) is 14.7 Å². The maximum absolute atomic E-state index is 10.9. The van der Waals surface area contributed by atoms with E-state index in [1.165, 1.54) is 6.92 Å². The maximum Gasteiger partial charge on any atom is 0.308 e. The molecule has 0 aliphatic rings. The Balaban J connectivity index is 3.58. The molecule has 0 heterocycles. The lowest BCUT2D eigenvalue weighted by molar-refractivity contribution is -0.153. The SMILES string of the molecule is CC(=O)OCC(O)COC(=O)C(C)C. The van der Waals surface area contributed by atoms with Crippen LogP contribution in [0.2, 0.25) is 0 Å². The van der Waals surface area contributed by atoms with Gasteiger partial charge in [-0.05, 0) is 0 Å². The number of esters is 2. The molecule has 0 bridgehead atoms. The van der Waals surface area contributed by atoms with Crippen LogP contribution in [0.1, 0.15) is 20.8 Å². The normalized spacial score (nSPS) is 12.4. The highest BCUT2D eigenvalue weighted by atomic mass is 16.6. The van der Waals surface area contributed by atoms with Gasteiger partial charge in [-0.15, -0.1) is 0 Å². The molecule has 0 aromatic carbocycles. The van der Waals surface area contributed by atoms with Crippen LogP contribution < -0.4 is 0 Å². The number of rotatable bonds is 5. The van der Waals surface area contributed by atoms with Crippen molar-refractivity contribution in [1.29, 1.82) is 0 Å². The van der Waals surface area contributed by atoms with Gasteiger partial charge in [0.05, 0.1) is 5.92 Å². The van der Waals surface area contributed by atoms with E-state index in [2.05, 4.69) is 4.74 Å². The third-order valence-corrected chi connectivity index (χ3v) is 1.37. The van der Waals surface area contributed by atoms with Gasteiger partial charge >= 0.3 is 11.9 Å². The Bertz CT molecular complexity index is 199. The molecule has 1 atom stereocenters. The van der Waals surface area contributed by atoms with Crippen LogP contribution in [0.5, 0.6) is 0 Å². The van der Waals surface area contributed by atoms with Gasteiger partial charge in [0.1, 0.15) is 19.3 Å². The van der Waals surface area contributed by atoms with Crippen molar-refractivity contribution in [1.82, 2.24) is 0 Å². The molecule has 0 saturated carbocycles. The fraction of sp³-hybridized carbons (Fsp3) is 0.778. The number of ether oxygens (including phenoxy) is 2. The smallest absolute Gasteiger partial charge is 0.308 e. The van der Waals surface area contributed by atoms with Gasteiger partial charge in [0.25, 0.3) is 0 Å². The number of aliphatic hydroxyl groups excluding tert-OH is 1. The standard InChI is InChI=1S/C9H16O5/c1-6(2)9(12)14-5-8(11)4-13-7(3)10/h6,8,11H,4-5H2,1-3H3. The Labute approximate surface area is 83.0 Å². The number of carbonyl (C=O) groups excluding carboxylic acids is 2. The predicted molar refractivity (Wildman–Crippen MR) is 48.4 cm³/mol. The van der Waals surface area contributed by atoms with E-state index >= 15 is 0 Å². The first-order chi connectivity index (χ1) is 6.43. The van der Waals surface area contributed by atoms with E-state index < -0.39 is 12.1 Å². The summed E-state index contributed by atoms with van der Waals surface area (Å²) in [7, 11) is 0. The minimum atomic E-state index is -0.957. The van der Waals surface area contributed by atoms with Crippen LogP contribution in [0.4, 0.5) is 0 Å². The number of hydrogen-bond acceptors (Lipinski definition) is 5. The average Bonchev–Trinajstić information content (AvgIpc) is 2.10. The van der Waals surface area contributed by atoms with Gasteiger partial charge in [-0.1, -0.05) is 13.8 Å². The zero-order valence-corrected chi connectivity index (χ0v) is 8.65. The zero-order chi connectivity index (χ0) is 11.1. The molecule has 1 N–H and O–H groups in total. The van der Waals surface area contributed by atoms with Crippen LogP contribution in [-0.2, 0) is 19.1 Å². The molecular formula is C9H16O5. The summed E-state index contributed by atoms with van der Waals surface area (Å²) < 4.78 is 9.23. The first-order valence-electron chi connectivity index (χ1n) is 4.41. The molecule has 0 amide bonds. The van der Waals surface area contributed by atoms with Crippen LogP contribution in [0, 0.1) is 5.92 Å². The van der Waals surface area contributed by atoms with E-state index in [4.69, 9.17) is 4.74 Å². The van der Waals surface area contributed by atoms with Crippen LogP contribution in [-0.4, -0.2) is 36.4 Å². The molecule has 14 heavy (non-hydrogen) atoms. The van der Waals surface area contributed by atoms with Crippen molar-refractivity contribution in [3.8, 4) is 0 Å². The van der Waals surface area contributed by atoms with Crippen LogP contribution in [0.3, 0.4) is 0 Å². The molecule has 82 valence electrons. The minimum absolute atomic E-state index is 0.149. The molecule has 0 aromatic rings. The molecule has 1 unspecified atom stereocenters. The summed E-state index contributed by atoms with van der Waals surface area (Å²) in [6.45, 7) is 4.33. The number of carbonyl (C=O) groups is 2. The van der Waals surface area contributed by atoms with Crippen molar-refractivity contribution < 1.29 is 24.2 Å². The highest BCUT2D eigenvalue weighted by Gasteiger charge is 2.12. The largest absolute Gasteiger partial charge is 0.463 e. The average molecular weight is 204 g/mol. The second kappa shape index (κ2) is 6.37. The summed E-state index contributed by atoms with van der Waals surface area (Å²) in [5.74, 6) is -1.08. The molecule has 0 aromatic heterocycles. The summed E-state index contributed by atoms with van der Waals surface area (Å²) in [6, 6.07) is 0. The molecule has 0 saturated heterocycles. The zero-order valence-electron chi connectivity index (χ0n) is 8.65. The molecule has 0 rings (SSSR count). The monoisotopic (exact) mass is 204 g/mol. The van der Waals surface area contributed by atoms with Crippen molar-refractivity contribution in [2.24, 2.45) is 5.92 Å². The fourth-order valence-electron chi connectivity index (χ4n) is 0.607. The van der Waals surface area contributed by atoms with Crippen molar-refractivity contribution in [3.63, 3.8) is 0 Å². The van der Waals surface area contributed by atoms with Gasteiger partial charge in [0.15, 0.2) is 0 Å². The maximum atomic E-state index is 10.9. The highest BCUT2D eigenvalue weighted by Crippen LogP contribution is 1.97. The first kappa shape index (κ1) is 12.9. The highest BCUT2D eigenvalue weighted by molar-refractivity contribution is 5.71. The minimum Gasteiger partial charge on any atom is -0.463 e. The van der Waals surface area contributed by atoms with Gasteiger partial charge in [0, 0.05) is 6.92 Å². The molecule has 0 fully saturated rings. The Morgan fingerprint density at radius 2 is 1.71 bits per heavy atom. The van der Waals surface area contributed by atoms with Gasteiger partial charge < -0.3 is 14.6 Å². The Kier molecular flexibility index (Phi) is 5.87. The quantitative estimate of drug-likeness (QED) is 0.643. The predicted octanol–water partition coefficient (Wildman–Crippen LogP) is 0.110. The third kappa shape index (κ3) is 6.42. The first-order valence-corrected chi connectivity index (χ1v) is 4.41. The fourth-order valence-corrected chi connectivity index (χ4v) is 0.607. The third-order valence-electron chi connectivity index (χ3n) is 1.37. The number of aliphatic hydroxyl groups is 1. The molecule has 0 spiro atoms. The molecule has 0 aliphatic carbocycles. The molecule has 5 heteroatoms. The summed E-state index contributed by atoms with van der Waals surface area (Å²) >= 11 is 0. The topological polar surface area (TPSA) is 72.8 Å². The van der Waals surface area contributed by atoms with Crippen molar-refractivity contribution in [3.05, 3.63) is 0 Å². The second-order valence-corrected chi connectivity index (χ2v) is 3.24. The Hall–Kier alpha value is -1.10. The van der Waals surface area contributed by atoms with Crippen molar-refractivity contribution in [2.75, 3.05) is 13.2 Å². The Morgan fingerprint density at radius 1 is 1.21 bits per heavy atom.